The number of nitrogens with zero attached hydrogens (tertiary/aromatic N) is 3. The smallest absolute Gasteiger partial charge is 0.253 e. The molecule has 0 bridgehead atoms. The van der Waals surface area contributed by atoms with E-state index in [1.807, 2.05) is 36.1 Å². The Bertz CT molecular complexity index is 1090. The molecule has 2 aliphatic heterocycles. The Hall–Kier alpha value is -2.75. The third-order valence-corrected chi connectivity index (χ3v) is 8.08. The molecule has 2 aromatic rings. The van der Waals surface area contributed by atoms with Gasteiger partial charge in [-0.15, -0.1) is 0 Å². The zero-order valence-electron chi connectivity index (χ0n) is 18.9. The molecule has 33 heavy (non-hydrogen) atoms. The predicted molar refractivity (Wildman–Crippen MR) is 127 cm³/mol. The highest BCUT2D eigenvalue weighted by atomic mass is 32.2. The van der Waals surface area contributed by atoms with Crippen molar-refractivity contribution in [3.8, 4) is 0 Å². The highest BCUT2D eigenvalue weighted by Gasteiger charge is 2.28. The van der Waals surface area contributed by atoms with Gasteiger partial charge in [0.1, 0.15) is 0 Å². The highest BCUT2D eigenvalue weighted by Crippen LogP contribution is 2.21. The first kappa shape index (κ1) is 23.4. The summed E-state index contributed by atoms with van der Waals surface area (Å²) in [4.78, 5) is 29.2. The third kappa shape index (κ3) is 5.61. The molecule has 2 heterocycles. The molecule has 2 saturated heterocycles. The Morgan fingerprint density at radius 3 is 2.06 bits per heavy atom. The average Bonchev–Trinajstić information content (AvgIpc) is 3.37. The fraction of sp³-hybridized carbons (Fsp3) is 0.417. The zero-order chi connectivity index (χ0) is 23.4. The summed E-state index contributed by atoms with van der Waals surface area (Å²) in [5.41, 5.74) is 2.38. The van der Waals surface area contributed by atoms with Crippen LogP contribution >= 0.6 is 0 Å². The van der Waals surface area contributed by atoms with Gasteiger partial charge in [0.2, 0.25) is 15.9 Å². The topological polar surface area (TPSA) is 90.0 Å². The number of carbonyl (C=O) groups is 2. The lowest BCUT2D eigenvalue weighted by Gasteiger charge is -2.34. The Morgan fingerprint density at radius 2 is 1.45 bits per heavy atom. The van der Waals surface area contributed by atoms with Crippen LogP contribution in [0.2, 0.25) is 0 Å². The van der Waals surface area contributed by atoms with Crippen LogP contribution in [-0.2, 0) is 14.8 Å². The minimum atomic E-state index is -3.49. The van der Waals surface area contributed by atoms with Crippen molar-refractivity contribution in [2.24, 2.45) is 0 Å². The maximum Gasteiger partial charge on any atom is 0.253 e. The molecule has 0 aromatic heterocycles. The molecule has 0 atom stereocenters. The van der Waals surface area contributed by atoms with Gasteiger partial charge in [-0.05, 0) is 56.2 Å². The first-order valence-electron chi connectivity index (χ1n) is 11.3. The summed E-state index contributed by atoms with van der Waals surface area (Å²) >= 11 is 0. The number of aryl methyl sites for hydroxylation is 1. The van der Waals surface area contributed by atoms with Crippen LogP contribution in [0.4, 0.5) is 5.69 Å². The van der Waals surface area contributed by atoms with Gasteiger partial charge in [0.05, 0.1) is 11.4 Å². The molecule has 0 saturated carbocycles. The predicted octanol–water partition coefficient (Wildman–Crippen LogP) is 2.18. The van der Waals surface area contributed by atoms with Crippen molar-refractivity contribution in [2.75, 3.05) is 51.1 Å². The summed E-state index contributed by atoms with van der Waals surface area (Å²) in [6, 6.07) is 13.9. The number of hydrogen-bond acceptors (Lipinski definition) is 5. The van der Waals surface area contributed by atoms with Gasteiger partial charge >= 0.3 is 0 Å². The van der Waals surface area contributed by atoms with Gasteiger partial charge < -0.3 is 10.2 Å². The van der Waals surface area contributed by atoms with E-state index in [-0.39, 0.29) is 23.3 Å². The van der Waals surface area contributed by atoms with Gasteiger partial charge in [0, 0.05) is 50.5 Å². The molecule has 0 spiro atoms. The van der Waals surface area contributed by atoms with Crippen LogP contribution in [0.1, 0.15) is 28.8 Å². The van der Waals surface area contributed by atoms with Gasteiger partial charge in [-0.3, -0.25) is 14.5 Å². The van der Waals surface area contributed by atoms with E-state index in [2.05, 4.69) is 5.32 Å². The third-order valence-electron chi connectivity index (χ3n) is 6.17. The van der Waals surface area contributed by atoms with Gasteiger partial charge in [0.25, 0.3) is 5.91 Å². The largest absolute Gasteiger partial charge is 0.336 e. The van der Waals surface area contributed by atoms with Crippen molar-refractivity contribution < 1.29 is 18.0 Å². The number of piperazine rings is 1. The van der Waals surface area contributed by atoms with Crippen LogP contribution in [0.3, 0.4) is 0 Å². The van der Waals surface area contributed by atoms with Crippen LogP contribution in [0, 0.1) is 6.92 Å². The lowest BCUT2D eigenvalue weighted by molar-refractivity contribution is -0.117. The number of carbonyl (C=O) groups excluding carboxylic acids is 2. The Morgan fingerprint density at radius 1 is 0.848 bits per heavy atom. The Balaban J connectivity index is 1.28. The molecular weight excluding hydrogens is 440 g/mol. The lowest BCUT2D eigenvalue weighted by Crippen LogP contribution is -2.50. The molecule has 2 aromatic carbocycles. The number of sulfonamides is 1. The molecule has 1 N–H and O–H groups in total. The van der Waals surface area contributed by atoms with E-state index in [4.69, 9.17) is 0 Å². The Kier molecular flexibility index (Phi) is 7.11. The van der Waals surface area contributed by atoms with Crippen molar-refractivity contribution in [3.63, 3.8) is 0 Å². The summed E-state index contributed by atoms with van der Waals surface area (Å²) in [5, 5.41) is 2.90. The van der Waals surface area contributed by atoms with Gasteiger partial charge in [0.15, 0.2) is 0 Å². The molecule has 176 valence electrons. The summed E-state index contributed by atoms with van der Waals surface area (Å²) < 4.78 is 26.8. The maximum atomic E-state index is 12.9. The van der Waals surface area contributed by atoms with Crippen LogP contribution < -0.4 is 5.32 Å². The molecule has 4 rings (SSSR count). The molecular formula is C24H30N4O4S. The first-order chi connectivity index (χ1) is 15.8. The second kappa shape index (κ2) is 10.0. The van der Waals surface area contributed by atoms with E-state index >= 15 is 0 Å². The molecule has 0 unspecified atom stereocenters. The zero-order valence-corrected chi connectivity index (χ0v) is 19.7. The molecule has 0 aliphatic carbocycles. The molecule has 2 amide bonds. The lowest BCUT2D eigenvalue weighted by atomic mass is 10.2. The molecule has 2 aliphatic rings. The van der Waals surface area contributed by atoms with Gasteiger partial charge in [-0.25, -0.2) is 8.42 Å². The number of rotatable bonds is 6. The van der Waals surface area contributed by atoms with E-state index in [1.54, 1.807) is 17.0 Å². The fourth-order valence-electron chi connectivity index (χ4n) is 4.18. The minimum absolute atomic E-state index is 0.0755. The second-order valence-electron chi connectivity index (χ2n) is 8.62. The summed E-state index contributed by atoms with van der Waals surface area (Å²) in [7, 11) is -3.49. The minimum Gasteiger partial charge on any atom is -0.336 e. The van der Waals surface area contributed by atoms with Gasteiger partial charge in [-0.1, -0.05) is 17.7 Å². The standard InChI is InChI=1S/C24H30N4O4S/c1-19-4-8-21(9-5-19)25-23(29)18-26-14-16-27(17-15-26)24(30)20-6-10-22(11-7-20)33(31,32)28-12-2-3-13-28/h4-11H,2-3,12-18H2,1H3,(H,25,29). The van der Waals surface area contributed by atoms with Gasteiger partial charge in [-0.2, -0.15) is 4.31 Å². The summed E-state index contributed by atoms with van der Waals surface area (Å²) in [6.07, 6.45) is 1.77. The molecule has 9 heteroatoms. The summed E-state index contributed by atoms with van der Waals surface area (Å²) in [5.74, 6) is -0.197. The number of hydrogen-bond donors (Lipinski definition) is 1. The van der Waals surface area contributed by atoms with E-state index < -0.39 is 10.0 Å². The first-order valence-corrected chi connectivity index (χ1v) is 12.8. The Labute approximate surface area is 195 Å². The number of anilines is 1. The monoisotopic (exact) mass is 470 g/mol. The van der Waals surface area contributed by atoms with E-state index in [1.165, 1.54) is 16.4 Å². The molecule has 0 radical (unpaired) electrons. The second-order valence-corrected chi connectivity index (χ2v) is 10.6. The van der Waals surface area contributed by atoms with Crippen molar-refractivity contribution in [1.29, 1.82) is 0 Å². The van der Waals surface area contributed by atoms with Crippen LogP contribution in [0.5, 0.6) is 0 Å². The normalized spacial score (nSPS) is 17.8. The number of nitrogens with one attached hydrogen (secondary N) is 1. The van der Waals surface area contributed by atoms with Crippen molar-refractivity contribution >= 4 is 27.5 Å². The highest BCUT2D eigenvalue weighted by molar-refractivity contribution is 7.89. The van der Waals surface area contributed by atoms with Crippen LogP contribution in [-0.4, -0.2) is 80.2 Å². The SMILES string of the molecule is Cc1ccc(NC(=O)CN2CCN(C(=O)c3ccc(S(=O)(=O)N4CCCC4)cc3)CC2)cc1. The summed E-state index contributed by atoms with van der Waals surface area (Å²) in [6.45, 7) is 5.63. The number of amides is 2. The van der Waals surface area contributed by atoms with Crippen molar-refractivity contribution in [2.45, 2.75) is 24.7 Å². The van der Waals surface area contributed by atoms with Crippen LogP contribution in [0.15, 0.2) is 53.4 Å². The fourth-order valence-corrected chi connectivity index (χ4v) is 5.70. The van der Waals surface area contributed by atoms with E-state index in [9.17, 15) is 18.0 Å². The molecule has 8 nitrogen and oxygen atoms in total. The van der Waals surface area contributed by atoms with Crippen molar-refractivity contribution in [3.05, 3.63) is 59.7 Å². The maximum absolute atomic E-state index is 12.9. The van der Waals surface area contributed by atoms with E-state index in [0.29, 0.717) is 44.8 Å². The average molecular weight is 471 g/mol. The molecule has 2 fully saturated rings. The quantitative estimate of drug-likeness (QED) is 0.699. The van der Waals surface area contributed by atoms with Crippen LogP contribution in [0.25, 0.3) is 0 Å². The van der Waals surface area contributed by atoms with Crippen molar-refractivity contribution in [1.82, 2.24) is 14.1 Å². The van der Waals surface area contributed by atoms with E-state index in [0.717, 1.165) is 24.1 Å². The number of benzene rings is 2.